The lowest BCUT2D eigenvalue weighted by Crippen LogP contribution is -2.19. The third-order valence-corrected chi connectivity index (χ3v) is 3.36. The van der Waals surface area contributed by atoms with E-state index < -0.39 is 0 Å². The van der Waals surface area contributed by atoms with E-state index in [1.54, 1.807) is 11.3 Å². The van der Waals surface area contributed by atoms with E-state index in [0.717, 1.165) is 36.2 Å². The van der Waals surface area contributed by atoms with Gasteiger partial charge in [0.15, 0.2) is 0 Å². The molecule has 86 valence electrons. The molecule has 0 amide bonds. The minimum Gasteiger partial charge on any atom is -0.334 e. The van der Waals surface area contributed by atoms with Crippen molar-refractivity contribution in [2.45, 2.75) is 26.9 Å². The molecule has 2 rings (SSSR count). The first kappa shape index (κ1) is 11.3. The lowest BCUT2D eigenvalue weighted by Gasteiger charge is -2.05. The van der Waals surface area contributed by atoms with Crippen LogP contribution in [0.25, 0.3) is 0 Å². The van der Waals surface area contributed by atoms with Gasteiger partial charge in [0.05, 0.1) is 0 Å². The minimum absolute atomic E-state index is 0.853. The van der Waals surface area contributed by atoms with Crippen LogP contribution in [0.5, 0.6) is 0 Å². The van der Waals surface area contributed by atoms with Crippen LogP contribution in [0.3, 0.4) is 0 Å². The Balaban J connectivity index is 1.71. The molecular weight excluding hydrogens is 220 g/mol. The van der Waals surface area contributed by atoms with Crippen molar-refractivity contribution in [3.8, 4) is 0 Å². The van der Waals surface area contributed by atoms with Crippen LogP contribution in [0.2, 0.25) is 0 Å². The molecule has 2 heterocycles. The fourth-order valence-corrected chi connectivity index (χ4v) is 2.26. The minimum atomic E-state index is 0.853. The Kier molecular flexibility index (Phi) is 3.69. The van der Waals surface area contributed by atoms with Crippen molar-refractivity contribution in [3.63, 3.8) is 0 Å². The van der Waals surface area contributed by atoms with Gasteiger partial charge in [-0.25, -0.2) is 9.97 Å². The van der Waals surface area contributed by atoms with Crippen LogP contribution in [0.15, 0.2) is 17.8 Å². The van der Waals surface area contributed by atoms with Crippen molar-refractivity contribution < 1.29 is 0 Å². The summed E-state index contributed by atoms with van der Waals surface area (Å²) in [4.78, 5) is 8.58. The van der Waals surface area contributed by atoms with Gasteiger partial charge >= 0.3 is 0 Å². The maximum absolute atomic E-state index is 4.40. The van der Waals surface area contributed by atoms with Gasteiger partial charge < -0.3 is 9.88 Å². The summed E-state index contributed by atoms with van der Waals surface area (Å²) in [6.07, 6.45) is 3.84. The van der Waals surface area contributed by atoms with E-state index in [4.69, 9.17) is 0 Å². The number of hydrogen-bond donors (Lipinski definition) is 1. The summed E-state index contributed by atoms with van der Waals surface area (Å²) >= 11 is 1.71. The smallest absolute Gasteiger partial charge is 0.107 e. The summed E-state index contributed by atoms with van der Waals surface area (Å²) in [6, 6.07) is 0. The molecule has 0 spiro atoms. The van der Waals surface area contributed by atoms with Crippen molar-refractivity contribution in [1.29, 1.82) is 0 Å². The number of nitrogens with one attached hydrogen (secondary N) is 1. The molecule has 16 heavy (non-hydrogen) atoms. The highest BCUT2D eigenvalue weighted by atomic mass is 32.1. The van der Waals surface area contributed by atoms with E-state index in [0.29, 0.717) is 0 Å². The summed E-state index contributed by atoms with van der Waals surface area (Å²) in [6.45, 7) is 6.79. The average molecular weight is 236 g/mol. The lowest BCUT2D eigenvalue weighted by molar-refractivity contribution is 0.586. The van der Waals surface area contributed by atoms with Gasteiger partial charge in [0, 0.05) is 43.1 Å². The molecule has 0 saturated heterocycles. The van der Waals surface area contributed by atoms with Crippen LogP contribution < -0.4 is 5.32 Å². The second-order valence-corrected chi connectivity index (χ2v) is 4.67. The number of aromatic nitrogens is 3. The molecule has 0 fully saturated rings. The average Bonchev–Trinajstić information content (AvgIpc) is 2.83. The number of thiazole rings is 1. The Morgan fingerprint density at radius 1 is 1.44 bits per heavy atom. The SMILES string of the molecule is Cc1csc(CNCCn2ccnc2C)n1. The van der Waals surface area contributed by atoms with Crippen molar-refractivity contribution in [2.75, 3.05) is 6.54 Å². The van der Waals surface area contributed by atoms with E-state index in [-0.39, 0.29) is 0 Å². The van der Waals surface area contributed by atoms with Gasteiger partial charge in [0.25, 0.3) is 0 Å². The topological polar surface area (TPSA) is 42.7 Å². The predicted molar refractivity (Wildman–Crippen MR) is 65.5 cm³/mol. The third-order valence-electron chi connectivity index (χ3n) is 2.40. The van der Waals surface area contributed by atoms with Gasteiger partial charge in [-0.1, -0.05) is 0 Å². The van der Waals surface area contributed by atoms with Gasteiger partial charge in [-0.15, -0.1) is 11.3 Å². The first-order valence-electron chi connectivity index (χ1n) is 5.35. The Morgan fingerprint density at radius 3 is 2.94 bits per heavy atom. The summed E-state index contributed by atoms with van der Waals surface area (Å²) < 4.78 is 2.14. The van der Waals surface area contributed by atoms with E-state index in [9.17, 15) is 0 Å². The van der Waals surface area contributed by atoms with Gasteiger partial charge in [0.2, 0.25) is 0 Å². The molecule has 0 aromatic carbocycles. The Hall–Kier alpha value is -1.20. The molecule has 4 nitrogen and oxygen atoms in total. The molecule has 0 aliphatic carbocycles. The van der Waals surface area contributed by atoms with Gasteiger partial charge in [-0.05, 0) is 13.8 Å². The largest absolute Gasteiger partial charge is 0.334 e. The van der Waals surface area contributed by atoms with Crippen molar-refractivity contribution in [3.05, 3.63) is 34.3 Å². The monoisotopic (exact) mass is 236 g/mol. The molecule has 0 unspecified atom stereocenters. The Labute approximate surface area is 99.4 Å². The Morgan fingerprint density at radius 2 is 2.31 bits per heavy atom. The highest BCUT2D eigenvalue weighted by molar-refractivity contribution is 7.09. The van der Waals surface area contributed by atoms with Gasteiger partial charge in [0.1, 0.15) is 10.8 Å². The maximum atomic E-state index is 4.40. The highest BCUT2D eigenvalue weighted by Crippen LogP contribution is 2.07. The van der Waals surface area contributed by atoms with Crippen LogP contribution >= 0.6 is 11.3 Å². The number of rotatable bonds is 5. The molecule has 0 radical (unpaired) electrons. The molecule has 0 aliphatic heterocycles. The highest BCUT2D eigenvalue weighted by Gasteiger charge is 1.98. The van der Waals surface area contributed by atoms with Crippen LogP contribution in [0, 0.1) is 13.8 Å². The molecule has 0 saturated carbocycles. The number of aryl methyl sites for hydroxylation is 2. The van der Waals surface area contributed by atoms with Crippen LogP contribution in [0.4, 0.5) is 0 Å². The molecular formula is C11H16N4S. The lowest BCUT2D eigenvalue weighted by atomic mass is 10.5. The van der Waals surface area contributed by atoms with E-state index in [1.165, 1.54) is 0 Å². The van der Waals surface area contributed by atoms with Gasteiger partial charge in [-0.3, -0.25) is 0 Å². The summed E-state index contributed by atoms with van der Waals surface area (Å²) in [5, 5.41) is 6.61. The second-order valence-electron chi connectivity index (χ2n) is 3.73. The second kappa shape index (κ2) is 5.23. The zero-order chi connectivity index (χ0) is 11.4. The molecule has 2 aromatic rings. The number of hydrogen-bond acceptors (Lipinski definition) is 4. The number of nitrogens with zero attached hydrogens (tertiary/aromatic N) is 3. The molecule has 0 bridgehead atoms. The van der Waals surface area contributed by atoms with Crippen LogP contribution in [-0.2, 0) is 13.1 Å². The molecule has 5 heteroatoms. The van der Waals surface area contributed by atoms with Crippen molar-refractivity contribution >= 4 is 11.3 Å². The van der Waals surface area contributed by atoms with Crippen LogP contribution in [-0.4, -0.2) is 21.1 Å². The zero-order valence-corrected chi connectivity index (χ0v) is 10.4. The fourth-order valence-electron chi connectivity index (χ4n) is 1.52. The molecule has 1 N–H and O–H groups in total. The van der Waals surface area contributed by atoms with Crippen molar-refractivity contribution in [2.24, 2.45) is 0 Å². The normalized spacial score (nSPS) is 10.9. The van der Waals surface area contributed by atoms with E-state index in [2.05, 4.69) is 25.2 Å². The van der Waals surface area contributed by atoms with Crippen LogP contribution in [0.1, 0.15) is 16.5 Å². The standard InChI is InChI=1S/C11H16N4S/c1-9-8-16-11(14-9)7-12-3-5-15-6-4-13-10(15)2/h4,6,8,12H,3,5,7H2,1-2H3. The Bertz CT molecular complexity index is 446. The summed E-state index contributed by atoms with van der Waals surface area (Å²) in [5.74, 6) is 1.06. The number of imidazole rings is 1. The predicted octanol–water partition coefficient (Wildman–Crippen LogP) is 1.75. The van der Waals surface area contributed by atoms with E-state index >= 15 is 0 Å². The van der Waals surface area contributed by atoms with Crippen molar-refractivity contribution in [1.82, 2.24) is 19.9 Å². The quantitative estimate of drug-likeness (QED) is 0.804. The summed E-state index contributed by atoms with van der Waals surface area (Å²) in [7, 11) is 0. The molecule has 0 aliphatic rings. The first-order valence-corrected chi connectivity index (χ1v) is 6.23. The first-order chi connectivity index (χ1) is 7.75. The summed E-state index contributed by atoms with van der Waals surface area (Å²) in [5.41, 5.74) is 1.10. The maximum Gasteiger partial charge on any atom is 0.107 e. The van der Waals surface area contributed by atoms with Gasteiger partial charge in [-0.2, -0.15) is 0 Å². The third kappa shape index (κ3) is 2.90. The zero-order valence-electron chi connectivity index (χ0n) is 9.60. The fraction of sp³-hybridized carbons (Fsp3) is 0.455. The molecule has 0 atom stereocenters. The molecule has 2 aromatic heterocycles. The van der Waals surface area contributed by atoms with E-state index in [1.807, 2.05) is 26.2 Å².